The van der Waals surface area contributed by atoms with Crippen LogP contribution in [0.25, 0.3) is 0 Å². The van der Waals surface area contributed by atoms with Crippen molar-refractivity contribution < 1.29 is 9.53 Å². The molecule has 11 heavy (non-hydrogen) atoms. The second-order valence-corrected chi connectivity index (χ2v) is 1.87. The van der Waals surface area contributed by atoms with Crippen molar-refractivity contribution in [1.82, 2.24) is 0 Å². The molecule has 0 aromatic heterocycles. The highest BCUT2D eigenvalue weighted by Crippen LogP contribution is 2.02. The zero-order chi connectivity index (χ0) is 8.69. The Morgan fingerprint density at radius 1 is 1.73 bits per heavy atom. The molecule has 0 heterocycles. The Morgan fingerprint density at radius 2 is 2.36 bits per heavy atom. The summed E-state index contributed by atoms with van der Waals surface area (Å²) in [5.74, 6) is -0.392. The number of hydrogen-bond donors (Lipinski definition) is 0. The molecule has 0 aliphatic heterocycles. The normalized spacial score (nSPS) is 10.5. The van der Waals surface area contributed by atoms with Crippen molar-refractivity contribution >= 4 is 5.97 Å². The molecule has 60 valence electrons. The van der Waals surface area contributed by atoms with Gasteiger partial charge < -0.3 is 4.74 Å². The first-order valence-electron chi connectivity index (χ1n) is 3.45. The molecular formula is C8H11NO2. The van der Waals surface area contributed by atoms with E-state index < -0.39 is 5.97 Å². The second kappa shape index (κ2) is 5.48. The second-order valence-electron chi connectivity index (χ2n) is 1.87. The van der Waals surface area contributed by atoms with Crippen LogP contribution < -0.4 is 0 Å². The van der Waals surface area contributed by atoms with Crippen LogP contribution in [0.3, 0.4) is 0 Å². The van der Waals surface area contributed by atoms with Crippen molar-refractivity contribution in [3.63, 3.8) is 0 Å². The maximum absolute atomic E-state index is 10.9. The number of nitriles is 1. The molecule has 0 aliphatic rings. The minimum atomic E-state index is -0.392. The first kappa shape index (κ1) is 9.70. The molecular weight excluding hydrogens is 142 g/mol. The Bertz CT molecular complexity index is 201. The summed E-state index contributed by atoms with van der Waals surface area (Å²) in [4.78, 5) is 10.9. The highest BCUT2D eigenvalue weighted by Gasteiger charge is 2.07. The third kappa shape index (κ3) is 3.41. The van der Waals surface area contributed by atoms with Crippen molar-refractivity contribution in [2.45, 2.75) is 20.3 Å². The van der Waals surface area contributed by atoms with Gasteiger partial charge >= 0.3 is 5.97 Å². The molecule has 0 aromatic rings. The monoisotopic (exact) mass is 153 g/mol. The molecule has 0 spiro atoms. The van der Waals surface area contributed by atoms with Crippen molar-refractivity contribution in [2.24, 2.45) is 0 Å². The maximum Gasteiger partial charge on any atom is 0.334 e. The molecule has 3 heteroatoms. The van der Waals surface area contributed by atoms with E-state index in [1.807, 2.05) is 6.07 Å². The summed E-state index contributed by atoms with van der Waals surface area (Å²) in [6.45, 7) is 3.79. The molecule has 0 aliphatic carbocycles. The van der Waals surface area contributed by atoms with E-state index in [-0.39, 0.29) is 6.42 Å². The van der Waals surface area contributed by atoms with Crippen molar-refractivity contribution in [3.05, 3.63) is 11.6 Å². The smallest absolute Gasteiger partial charge is 0.334 e. The Hall–Kier alpha value is -1.30. The van der Waals surface area contributed by atoms with E-state index in [9.17, 15) is 4.79 Å². The molecule has 0 N–H and O–H groups in total. The minimum Gasteiger partial charge on any atom is -0.463 e. The van der Waals surface area contributed by atoms with Gasteiger partial charge in [0.1, 0.15) is 0 Å². The Labute approximate surface area is 66.3 Å². The summed E-state index contributed by atoms with van der Waals surface area (Å²) in [6, 6.07) is 1.89. The number of ether oxygens (including phenoxy) is 1. The highest BCUT2D eigenvalue weighted by atomic mass is 16.5. The summed E-state index contributed by atoms with van der Waals surface area (Å²) in [6.07, 6.45) is 1.72. The topological polar surface area (TPSA) is 50.1 Å². The lowest BCUT2D eigenvalue weighted by atomic mass is 10.2. The third-order valence-corrected chi connectivity index (χ3v) is 1.16. The van der Waals surface area contributed by atoms with Gasteiger partial charge in [0, 0.05) is 5.57 Å². The molecule has 0 bridgehead atoms. The van der Waals surface area contributed by atoms with Crippen LogP contribution in [-0.2, 0) is 9.53 Å². The van der Waals surface area contributed by atoms with Crippen LogP contribution in [0.15, 0.2) is 11.6 Å². The van der Waals surface area contributed by atoms with E-state index >= 15 is 0 Å². The molecule has 0 atom stereocenters. The van der Waals surface area contributed by atoms with Gasteiger partial charge in [-0.15, -0.1) is 0 Å². The van der Waals surface area contributed by atoms with Crippen LogP contribution in [0, 0.1) is 11.3 Å². The van der Waals surface area contributed by atoms with Crippen LogP contribution in [0.5, 0.6) is 0 Å². The van der Waals surface area contributed by atoms with Gasteiger partial charge in [-0.3, -0.25) is 0 Å². The number of carbonyl (C=O) groups excluding carboxylic acids is 1. The van der Waals surface area contributed by atoms with E-state index in [4.69, 9.17) is 5.26 Å². The molecule has 0 amide bonds. The Balaban J connectivity index is 4.07. The third-order valence-electron chi connectivity index (χ3n) is 1.16. The number of allylic oxidation sites excluding steroid dienone is 1. The number of rotatable bonds is 3. The van der Waals surface area contributed by atoms with E-state index in [1.165, 1.54) is 0 Å². The Kier molecular flexibility index (Phi) is 4.83. The molecule has 0 unspecified atom stereocenters. The molecule has 0 aromatic carbocycles. The van der Waals surface area contributed by atoms with Crippen LogP contribution in [0.2, 0.25) is 0 Å². The predicted molar refractivity (Wildman–Crippen MR) is 40.6 cm³/mol. The van der Waals surface area contributed by atoms with Gasteiger partial charge in [-0.1, -0.05) is 6.08 Å². The summed E-state index contributed by atoms with van der Waals surface area (Å²) >= 11 is 0. The predicted octanol–water partition coefficient (Wildman–Crippen LogP) is 1.41. The first-order chi connectivity index (χ1) is 5.26. The quantitative estimate of drug-likeness (QED) is 0.455. The molecule has 0 rings (SSSR count). The molecule has 0 fully saturated rings. The van der Waals surface area contributed by atoms with Crippen LogP contribution in [0.4, 0.5) is 0 Å². The number of esters is 1. The standard InChI is InChI=1S/C8H11NO2/c1-3-7(5-6-9)8(10)11-4-2/h3H,4-5H2,1-2H3/b7-3-. The molecule has 3 nitrogen and oxygen atoms in total. The van der Waals surface area contributed by atoms with E-state index in [1.54, 1.807) is 19.9 Å². The summed E-state index contributed by atoms with van der Waals surface area (Å²) in [5, 5.41) is 8.29. The van der Waals surface area contributed by atoms with Crippen LogP contribution in [0.1, 0.15) is 20.3 Å². The lowest BCUT2D eigenvalue weighted by molar-refractivity contribution is -0.138. The first-order valence-corrected chi connectivity index (χ1v) is 3.45. The number of carbonyl (C=O) groups is 1. The van der Waals surface area contributed by atoms with Crippen LogP contribution in [-0.4, -0.2) is 12.6 Å². The lowest BCUT2D eigenvalue weighted by Crippen LogP contribution is -2.06. The van der Waals surface area contributed by atoms with Crippen molar-refractivity contribution in [1.29, 1.82) is 5.26 Å². The lowest BCUT2D eigenvalue weighted by Gasteiger charge is -2.00. The number of nitrogens with zero attached hydrogens (tertiary/aromatic N) is 1. The van der Waals surface area contributed by atoms with E-state index in [2.05, 4.69) is 4.74 Å². The van der Waals surface area contributed by atoms with Gasteiger partial charge in [0.15, 0.2) is 0 Å². The fraction of sp³-hybridized carbons (Fsp3) is 0.500. The van der Waals surface area contributed by atoms with Gasteiger partial charge in [-0.2, -0.15) is 5.26 Å². The van der Waals surface area contributed by atoms with Gasteiger partial charge in [0.05, 0.1) is 19.1 Å². The van der Waals surface area contributed by atoms with E-state index in [0.717, 1.165) is 0 Å². The van der Waals surface area contributed by atoms with Gasteiger partial charge in [0.25, 0.3) is 0 Å². The highest BCUT2D eigenvalue weighted by molar-refractivity contribution is 5.88. The summed E-state index contributed by atoms with van der Waals surface area (Å²) in [7, 11) is 0. The average molecular weight is 153 g/mol. The average Bonchev–Trinajstić information content (AvgIpc) is 2.00. The summed E-state index contributed by atoms with van der Waals surface area (Å²) in [5.41, 5.74) is 0.425. The van der Waals surface area contributed by atoms with Crippen molar-refractivity contribution in [2.75, 3.05) is 6.61 Å². The van der Waals surface area contributed by atoms with Crippen LogP contribution >= 0.6 is 0 Å². The van der Waals surface area contributed by atoms with Gasteiger partial charge in [-0.25, -0.2) is 4.79 Å². The van der Waals surface area contributed by atoms with Gasteiger partial charge in [0.2, 0.25) is 0 Å². The molecule has 0 radical (unpaired) electrons. The maximum atomic E-state index is 10.9. The zero-order valence-electron chi connectivity index (χ0n) is 6.76. The SMILES string of the molecule is C/C=C(/CC#N)C(=O)OCC. The fourth-order valence-corrected chi connectivity index (χ4v) is 0.601. The minimum absolute atomic E-state index is 0.120. The molecule has 0 saturated carbocycles. The zero-order valence-corrected chi connectivity index (χ0v) is 6.76. The number of hydrogen-bond acceptors (Lipinski definition) is 3. The molecule has 0 saturated heterocycles. The Morgan fingerprint density at radius 3 is 2.73 bits per heavy atom. The largest absolute Gasteiger partial charge is 0.463 e. The fourth-order valence-electron chi connectivity index (χ4n) is 0.601. The van der Waals surface area contributed by atoms with E-state index in [0.29, 0.717) is 12.2 Å². The van der Waals surface area contributed by atoms with Gasteiger partial charge in [-0.05, 0) is 13.8 Å². The summed E-state index contributed by atoms with van der Waals surface area (Å²) < 4.78 is 4.69. The van der Waals surface area contributed by atoms with Crippen molar-refractivity contribution in [3.8, 4) is 6.07 Å².